The summed E-state index contributed by atoms with van der Waals surface area (Å²) in [5, 5.41) is 0. The van der Waals surface area contributed by atoms with Crippen LogP contribution in [0.25, 0.3) is 11.2 Å². The smallest absolute Gasteiger partial charge is 0.180 e. The Morgan fingerprint density at radius 1 is 1.19 bits per heavy atom. The molecule has 0 bridgehead atoms. The predicted octanol–water partition coefficient (Wildman–Crippen LogP) is 2.94. The van der Waals surface area contributed by atoms with Crippen LogP contribution in [0.4, 0.5) is 4.39 Å². The number of halogens is 1. The zero-order valence-corrected chi connectivity index (χ0v) is 11.8. The molecular formula is C15H15FN4O. The normalized spacial score (nSPS) is 12.0. The SMILES string of the molecule is CC(C)(OCc1ccc(F)cc1)c1ncc2[nH]cnc2n1. The van der Waals surface area contributed by atoms with Crippen molar-refractivity contribution in [3.63, 3.8) is 0 Å². The van der Waals surface area contributed by atoms with Crippen LogP contribution in [0, 0.1) is 5.82 Å². The Kier molecular flexibility index (Phi) is 3.39. The minimum Gasteiger partial charge on any atom is -0.363 e. The summed E-state index contributed by atoms with van der Waals surface area (Å²) >= 11 is 0. The molecule has 0 aliphatic heterocycles. The molecule has 3 rings (SSSR count). The molecule has 0 aliphatic carbocycles. The average Bonchev–Trinajstić information content (AvgIpc) is 2.94. The minimum absolute atomic E-state index is 0.259. The number of fused-ring (bicyclic) bond motifs is 1. The third kappa shape index (κ3) is 2.90. The molecule has 0 aliphatic rings. The lowest BCUT2D eigenvalue weighted by Gasteiger charge is -2.23. The minimum atomic E-state index is -0.665. The average molecular weight is 286 g/mol. The fraction of sp³-hybridized carbons (Fsp3) is 0.267. The quantitative estimate of drug-likeness (QED) is 0.801. The summed E-state index contributed by atoms with van der Waals surface area (Å²) in [6.45, 7) is 4.14. The molecular weight excluding hydrogens is 271 g/mol. The van der Waals surface area contributed by atoms with Crippen molar-refractivity contribution in [2.75, 3.05) is 0 Å². The van der Waals surface area contributed by atoms with Gasteiger partial charge in [0.2, 0.25) is 0 Å². The number of nitrogens with one attached hydrogen (secondary N) is 1. The van der Waals surface area contributed by atoms with Gasteiger partial charge < -0.3 is 9.72 Å². The van der Waals surface area contributed by atoms with E-state index < -0.39 is 5.60 Å². The Hall–Kier alpha value is -2.34. The molecule has 108 valence electrons. The number of imidazole rings is 1. The van der Waals surface area contributed by atoms with Crippen molar-refractivity contribution >= 4 is 11.2 Å². The molecule has 2 aromatic heterocycles. The number of hydrogen-bond donors (Lipinski definition) is 1. The van der Waals surface area contributed by atoms with E-state index in [1.807, 2.05) is 13.8 Å². The summed E-state index contributed by atoms with van der Waals surface area (Å²) in [5.74, 6) is 0.300. The van der Waals surface area contributed by atoms with E-state index in [1.54, 1.807) is 24.7 Å². The Morgan fingerprint density at radius 3 is 2.71 bits per heavy atom. The van der Waals surface area contributed by atoms with Gasteiger partial charge in [-0.15, -0.1) is 0 Å². The molecule has 2 heterocycles. The maximum atomic E-state index is 12.9. The van der Waals surface area contributed by atoms with Crippen molar-refractivity contribution in [2.24, 2.45) is 0 Å². The van der Waals surface area contributed by atoms with Gasteiger partial charge in [-0.2, -0.15) is 0 Å². The van der Waals surface area contributed by atoms with Gasteiger partial charge in [0, 0.05) is 0 Å². The molecule has 1 aromatic carbocycles. The molecule has 0 amide bonds. The molecule has 0 saturated heterocycles. The van der Waals surface area contributed by atoms with Crippen LogP contribution in [0.1, 0.15) is 25.2 Å². The zero-order valence-electron chi connectivity index (χ0n) is 11.8. The van der Waals surface area contributed by atoms with E-state index >= 15 is 0 Å². The highest BCUT2D eigenvalue weighted by Crippen LogP contribution is 2.23. The summed E-state index contributed by atoms with van der Waals surface area (Å²) in [7, 11) is 0. The fourth-order valence-corrected chi connectivity index (χ4v) is 1.94. The summed E-state index contributed by atoms with van der Waals surface area (Å²) < 4.78 is 18.8. The van der Waals surface area contributed by atoms with Gasteiger partial charge in [0.1, 0.15) is 16.9 Å². The number of H-pyrrole nitrogens is 1. The van der Waals surface area contributed by atoms with Gasteiger partial charge in [0.05, 0.1) is 19.1 Å². The molecule has 0 unspecified atom stereocenters. The summed E-state index contributed by atoms with van der Waals surface area (Å²) in [6.07, 6.45) is 3.27. The molecule has 3 aromatic rings. The van der Waals surface area contributed by atoms with E-state index in [4.69, 9.17) is 4.74 Å². The number of aromatic amines is 1. The first kappa shape index (κ1) is 13.6. The van der Waals surface area contributed by atoms with Crippen LogP contribution in [0.5, 0.6) is 0 Å². The van der Waals surface area contributed by atoms with Crippen molar-refractivity contribution in [1.82, 2.24) is 19.9 Å². The van der Waals surface area contributed by atoms with Crippen molar-refractivity contribution in [1.29, 1.82) is 0 Å². The van der Waals surface area contributed by atoms with Crippen LogP contribution < -0.4 is 0 Å². The van der Waals surface area contributed by atoms with Crippen LogP contribution >= 0.6 is 0 Å². The highest BCUT2D eigenvalue weighted by Gasteiger charge is 2.25. The Balaban J connectivity index is 1.77. The Bertz CT molecular complexity index is 752. The van der Waals surface area contributed by atoms with Gasteiger partial charge in [0.25, 0.3) is 0 Å². The zero-order chi connectivity index (χ0) is 14.9. The molecule has 1 N–H and O–H groups in total. The van der Waals surface area contributed by atoms with Gasteiger partial charge in [0.15, 0.2) is 11.5 Å². The van der Waals surface area contributed by atoms with E-state index in [-0.39, 0.29) is 5.82 Å². The van der Waals surface area contributed by atoms with Gasteiger partial charge in [-0.25, -0.2) is 19.3 Å². The van der Waals surface area contributed by atoms with Gasteiger partial charge in [-0.1, -0.05) is 12.1 Å². The second-order valence-electron chi connectivity index (χ2n) is 5.26. The van der Waals surface area contributed by atoms with Gasteiger partial charge >= 0.3 is 0 Å². The van der Waals surface area contributed by atoms with Crippen molar-refractivity contribution in [3.05, 3.63) is 54.0 Å². The standard InChI is InChI=1S/C15H15FN4O/c1-15(2,21-8-10-3-5-11(16)6-4-10)14-17-7-12-13(20-14)19-9-18-12/h3-7,9H,8H2,1-2H3,(H,17,18,19,20). The second-order valence-corrected chi connectivity index (χ2v) is 5.26. The predicted molar refractivity (Wildman–Crippen MR) is 75.9 cm³/mol. The first-order valence-electron chi connectivity index (χ1n) is 6.59. The lowest BCUT2D eigenvalue weighted by molar-refractivity contribution is -0.0398. The fourth-order valence-electron chi connectivity index (χ4n) is 1.94. The lowest BCUT2D eigenvalue weighted by Crippen LogP contribution is -2.24. The van der Waals surface area contributed by atoms with Gasteiger partial charge in [-0.05, 0) is 31.5 Å². The second kappa shape index (κ2) is 5.21. The number of benzene rings is 1. The maximum absolute atomic E-state index is 12.9. The third-order valence-corrected chi connectivity index (χ3v) is 3.23. The van der Waals surface area contributed by atoms with E-state index in [9.17, 15) is 4.39 Å². The van der Waals surface area contributed by atoms with E-state index in [0.717, 1.165) is 11.1 Å². The van der Waals surface area contributed by atoms with Gasteiger partial charge in [-0.3, -0.25) is 0 Å². The van der Waals surface area contributed by atoms with Crippen LogP contribution in [0.3, 0.4) is 0 Å². The highest BCUT2D eigenvalue weighted by atomic mass is 19.1. The van der Waals surface area contributed by atoms with Crippen LogP contribution in [0.15, 0.2) is 36.8 Å². The Labute approximate surface area is 121 Å². The van der Waals surface area contributed by atoms with E-state index in [2.05, 4.69) is 19.9 Å². The molecule has 0 atom stereocenters. The van der Waals surface area contributed by atoms with Crippen molar-refractivity contribution in [3.8, 4) is 0 Å². The molecule has 6 heteroatoms. The number of nitrogens with zero attached hydrogens (tertiary/aromatic N) is 3. The molecule has 0 radical (unpaired) electrons. The largest absolute Gasteiger partial charge is 0.363 e. The molecule has 0 fully saturated rings. The number of aromatic nitrogens is 4. The van der Waals surface area contributed by atoms with E-state index in [1.165, 1.54) is 12.1 Å². The lowest BCUT2D eigenvalue weighted by atomic mass is 10.1. The molecule has 0 saturated carbocycles. The third-order valence-electron chi connectivity index (χ3n) is 3.23. The van der Waals surface area contributed by atoms with Crippen LogP contribution in [-0.2, 0) is 16.9 Å². The summed E-state index contributed by atoms with van der Waals surface area (Å²) in [6, 6.07) is 6.22. The number of hydrogen-bond acceptors (Lipinski definition) is 4. The summed E-state index contributed by atoms with van der Waals surface area (Å²) in [4.78, 5) is 15.8. The monoisotopic (exact) mass is 286 g/mol. The number of rotatable bonds is 4. The summed E-state index contributed by atoms with van der Waals surface area (Å²) in [5.41, 5.74) is 1.62. The van der Waals surface area contributed by atoms with Crippen LogP contribution in [-0.4, -0.2) is 19.9 Å². The van der Waals surface area contributed by atoms with Crippen molar-refractivity contribution in [2.45, 2.75) is 26.1 Å². The highest BCUT2D eigenvalue weighted by molar-refractivity contribution is 5.68. The molecule has 21 heavy (non-hydrogen) atoms. The van der Waals surface area contributed by atoms with E-state index in [0.29, 0.717) is 18.1 Å². The first-order chi connectivity index (χ1) is 10.0. The molecule has 0 spiro atoms. The van der Waals surface area contributed by atoms with Crippen LogP contribution in [0.2, 0.25) is 0 Å². The topological polar surface area (TPSA) is 63.7 Å². The number of ether oxygens (including phenoxy) is 1. The first-order valence-corrected chi connectivity index (χ1v) is 6.59. The molecule has 5 nitrogen and oxygen atoms in total. The Morgan fingerprint density at radius 2 is 1.95 bits per heavy atom. The van der Waals surface area contributed by atoms with Crippen molar-refractivity contribution < 1.29 is 9.13 Å². The maximum Gasteiger partial charge on any atom is 0.180 e.